The second-order valence-electron chi connectivity index (χ2n) is 8.23. The molecule has 1 unspecified atom stereocenters. The Kier molecular flexibility index (Phi) is 7.74. The van der Waals surface area contributed by atoms with Gasteiger partial charge in [-0.2, -0.15) is 0 Å². The van der Waals surface area contributed by atoms with Crippen LogP contribution in [0.15, 0.2) is 52.9 Å². The number of amides is 1. The number of rotatable bonds is 8. The lowest BCUT2D eigenvalue weighted by Gasteiger charge is -2.16. The standard InChI is InChI=1S/C26H31FN2OS/c1-17-23(15-19-7-10-21(31-5)11-8-19)22-12-9-20(27)16-24(22)25(17)18(2)26(30)28-13-6-14-29(3)4/h7-12,15-16,18H,6,13-14H2,1-5H3,(H,28,30)/b23-15-. The smallest absolute Gasteiger partial charge is 0.227 e. The van der Waals surface area contributed by atoms with Crippen molar-refractivity contribution in [3.8, 4) is 0 Å². The summed E-state index contributed by atoms with van der Waals surface area (Å²) in [6.45, 7) is 5.50. The van der Waals surface area contributed by atoms with Gasteiger partial charge in [0.2, 0.25) is 5.91 Å². The van der Waals surface area contributed by atoms with Crippen molar-refractivity contribution in [1.82, 2.24) is 10.2 Å². The minimum Gasteiger partial charge on any atom is -0.356 e. The second-order valence-corrected chi connectivity index (χ2v) is 9.11. The molecule has 1 N–H and O–H groups in total. The molecule has 1 aliphatic carbocycles. The normalized spacial score (nSPS) is 15.5. The summed E-state index contributed by atoms with van der Waals surface area (Å²) in [6, 6.07) is 13.3. The lowest BCUT2D eigenvalue weighted by atomic mass is 9.92. The van der Waals surface area contributed by atoms with Crippen molar-refractivity contribution in [1.29, 1.82) is 0 Å². The fourth-order valence-electron chi connectivity index (χ4n) is 4.03. The van der Waals surface area contributed by atoms with Crippen LogP contribution in [-0.2, 0) is 4.79 Å². The van der Waals surface area contributed by atoms with Gasteiger partial charge in [-0.15, -0.1) is 11.8 Å². The van der Waals surface area contributed by atoms with Gasteiger partial charge in [-0.1, -0.05) is 18.2 Å². The third-order valence-electron chi connectivity index (χ3n) is 5.70. The Bertz CT molecular complexity index is 1010. The first-order valence-electron chi connectivity index (χ1n) is 10.6. The molecule has 31 heavy (non-hydrogen) atoms. The van der Waals surface area contributed by atoms with Crippen LogP contribution in [0.25, 0.3) is 17.2 Å². The molecule has 0 heterocycles. The molecule has 0 fully saturated rings. The molecule has 1 atom stereocenters. The van der Waals surface area contributed by atoms with Gasteiger partial charge in [0, 0.05) is 11.4 Å². The molecule has 0 aliphatic heterocycles. The average Bonchev–Trinajstić information content (AvgIpc) is 3.01. The SMILES string of the molecule is CSc1ccc(/C=C2/C(C)=C(C(C)C(=O)NCCCN(C)C)c3cc(F)ccc32)cc1. The summed E-state index contributed by atoms with van der Waals surface area (Å²) >= 11 is 1.71. The third-order valence-corrected chi connectivity index (χ3v) is 6.45. The van der Waals surface area contributed by atoms with E-state index in [2.05, 4.69) is 46.8 Å². The molecule has 2 aromatic rings. The highest BCUT2D eigenvalue weighted by molar-refractivity contribution is 7.98. The number of nitrogens with one attached hydrogen (secondary N) is 1. The molecular weight excluding hydrogens is 407 g/mol. The van der Waals surface area contributed by atoms with E-state index in [4.69, 9.17) is 0 Å². The summed E-state index contributed by atoms with van der Waals surface area (Å²) in [5.74, 6) is -0.660. The first-order chi connectivity index (χ1) is 14.8. The zero-order chi connectivity index (χ0) is 22.5. The van der Waals surface area contributed by atoms with Crippen molar-refractivity contribution >= 4 is 34.9 Å². The van der Waals surface area contributed by atoms with E-state index >= 15 is 0 Å². The maximum Gasteiger partial charge on any atom is 0.227 e. The van der Waals surface area contributed by atoms with Gasteiger partial charge in [0.1, 0.15) is 5.82 Å². The Morgan fingerprint density at radius 2 is 1.87 bits per heavy atom. The zero-order valence-corrected chi connectivity index (χ0v) is 19.8. The Hall–Kier alpha value is -2.37. The number of carbonyl (C=O) groups is 1. The minimum atomic E-state index is -0.357. The van der Waals surface area contributed by atoms with Gasteiger partial charge in [-0.25, -0.2) is 4.39 Å². The highest BCUT2D eigenvalue weighted by atomic mass is 32.2. The van der Waals surface area contributed by atoms with E-state index in [0.29, 0.717) is 6.54 Å². The first kappa shape index (κ1) is 23.3. The van der Waals surface area contributed by atoms with Crippen LogP contribution in [0, 0.1) is 11.7 Å². The van der Waals surface area contributed by atoms with Crippen molar-refractivity contribution < 1.29 is 9.18 Å². The predicted octanol–water partition coefficient (Wildman–Crippen LogP) is 5.58. The van der Waals surface area contributed by atoms with Gasteiger partial charge < -0.3 is 10.2 Å². The number of hydrogen-bond donors (Lipinski definition) is 1. The summed E-state index contributed by atoms with van der Waals surface area (Å²) < 4.78 is 14.1. The summed E-state index contributed by atoms with van der Waals surface area (Å²) in [7, 11) is 4.04. The topological polar surface area (TPSA) is 32.3 Å². The Morgan fingerprint density at radius 1 is 1.16 bits per heavy atom. The highest BCUT2D eigenvalue weighted by Gasteiger charge is 2.30. The maximum atomic E-state index is 14.1. The molecule has 1 aliphatic rings. The van der Waals surface area contributed by atoms with Crippen LogP contribution in [0.2, 0.25) is 0 Å². The third kappa shape index (κ3) is 5.46. The number of nitrogens with zero attached hydrogens (tertiary/aromatic N) is 1. The summed E-state index contributed by atoms with van der Waals surface area (Å²) in [4.78, 5) is 16.2. The first-order valence-corrected chi connectivity index (χ1v) is 11.8. The molecule has 0 saturated heterocycles. The lowest BCUT2D eigenvalue weighted by molar-refractivity contribution is -0.122. The van der Waals surface area contributed by atoms with E-state index in [1.165, 1.54) is 11.0 Å². The average molecular weight is 439 g/mol. The number of halogens is 1. The number of thioether (sulfide) groups is 1. The quantitative estimate of drug-likeness (QED) is 0.431. The van der Waals surface area contributed by atoms with Crippen LogP contribution >= 0.6 is 11.8 Å². The van der Waals surface area contributed by atoms with Crippen molar-refractivity contribution in [2.45, 2.75) is 25.2 Å². The van der Waals surface area contributed by atoms with Crippen LogP contribution in [0.5, 0.6) is 0 Å². The number of carbonyl (C=O) groups excluding carboxylic acids is 1. The fourth-order valence-corrected chi connectivity index (χ4v) is 4.43. The van der Waals surface area contributed by atoms with Crippen LogP contribution in [-0.4, -0.2) is 44.2 Å². The molecule has 164 valence electrons. The van der Waals surface area contributed by atoms with Gasteiger partial charge in [-0.3, -0.25) is 4.79 Å². The monoisotopic (exact) mass is 438 g/mol. The number of benzene rings is 2. The molecule has 3 nitrogen and oxygen atoms in total. The fraction of sp³-hybridized carbons (Fsp3) is 0.346. The van der Waals surface area contributed by atoms with Crippen LogP contribution in [0.3, 0.4) is 0 Å². The molecule has 0 aromatic heterocycles. The number of allylic oxidation sites excluding steroid dienone is 2. The van der Waals surface area contributed by atoms with E-state index in [1.807, 2.05) is 34.0 Å². The Morgan fingerprint density at radius 3 is 2.52 bits per heavy atom. The van der Waals surface area contributed by atoms with Crippen molar-refractivity contribution in [2.24, 2.45) is 5.92 Å². The van der Waals surface area contributed by atoms with Crippen LogP contribution in [0.1, 0.15) is 37.0 Å². The molecule has 1 amide bonds. The van der Waals surface area contributed by atoms with Gasteiger partial charge >= 0.3 is 0 Å². The molecule has 2 aromatic carbocycles. The van der Waals surface area contributed by atoms with Crippen molar-refractivity contribution in [3.05, 3.63) is 70.5 Å². The molecule has 0 radical (unpaired) electrons. The van der Waals surface area contributed by atoms with Gasteiger partial charge in [-0.05, 0) is 111 Å². The van der Waals surface area contributed by atoms with E-state index < -0.39 is 0 Å². The molecule has 0 saturated carbocycles. The molecular formula is C26H31FN2OS. The van der Waals surface area contributed by atoms with Gasteiger partial charge in [0.15, 0.2) is 0 Å². The Balaban J connectivity index is 1.92. The number of fused-ring (bicyclic) bond motifs is 1. The van der Waals surface area contributed by atoms with Crippen molar-refractivity contribution in [2.75, 3.05) is 33.4 Å². The number of hydrogen-bond acceptors (Lipinski definition) is 3. The minimum absolute atomic E-state index is 0.0195. The highest BCUT2D eigenvalue weighted by Crippen LogP contribution is 2.45. The largest absolute Gasteiger partial charge is 0.356 e. The lowest BCUT2D eigenvalue weighted by Crippen LogP contribution is -2.32. The van der Waals surface area contributed by atoms with Crippen LogP contribution < -0.4 is 5.32 Å². The van der Waals surface area contributed by atoms with Gasteiger partial charge in [0.25, 0.3) is 0 Å². The Labute approximate surface area is 189 Å². The zero-order valence-electron chi connectivity index (χ0n) is 19.0. The summed E-state index contributed by atoms with van der Waals surface area (Å²) in [5.41, 5.74) is 5.88. The van der Waals surface area contributed by atoms with E-state index in [9.17, 15) is 9.18 Å². The molecule has 0 bridgehead atoms. The molecule has 3 rings (SSSR count). The predicted molar refractivity (Wildman–Crippen MR) is 130 cm³/mol. The second kappa shape index (κ2) is 10.3. The maximum absolute atomic E-state index is 14.1. The molecule has 5 heteroatoms. The van der Waals surface area contributed by atoms with Crippen molar-refractivity contribution in [3.63, 3.8) is 0 Å². The van der Waals surface area contributed by atoms with E-state index in [-0.39, 0.29) is 17.6 Å². The van der Waals surface area contributed by atoms with Gasteiger partial charge in [0.05, 0.1) is 5.92 Å². The summed E-state index contributed by atoms with van der Waals surface area (Å²) in [5, 5.41) is 3.04. The summed E-state index contributed by atoms with van der Waals surface area (Å²) in [6.07, 6.45) is 5.08. The van der Waals surface area contributed by atoms with Crippen LogP contribution in [0.4, 0.5) is 4.39 Å². The van der Waals surface area contributed by atoms with E-state index in [0.717, 1.165) is 46.4 Å². The molecule has 0 spiro atoms. The van der Waals surface area contributed by atoms with E-state index in [1.54, 1.807) is 17.8 Å².